The van der Waals surface area contributed by atoms with Crippen LogP contribution in [0, 0.1) is 17.3 Å². The van der Waals surface area contributed by atoms with Gasteiger partial charge >= 0.3 is 5.97 Å². The first-order valence-corrected chi connectivity index (χ1v) is 17.0. The third kappa shape index (κ3) is 7.26. The number of carbonyl (C=O) groups is 3. The van der Waals surface area contributed by atoms with Crippen molar-refractivity contribution in [3.63, 3.8) is 0 Å². The van der Waals surface area contributed by atoms with E-state index >= 15 is 0 Å². The van der Waals surface area contributed by atoms with Gasteiger partial charge in [-0.3, -0.25) is 14.4 Å². The van der Waals surface area contributed by atoms with Crippen molar-refractivity contribution in [2.24, 2.45) is 17.3 Å². The quantitative estimate of drug-likeness (QED) is 0.0988. The van der Waals surface area contributed by atoms with Crippen LogP contribution in [0.3, 0.4) is 0 Å². The highest BCUT2D eigenvalue weighted by atomic mass is 79.9. The fraction of sp³-hybridized carbons (Fsp3) is 0.781. The maximum Gasteiger partial charge on any atom is 0.310 e. The van der Waals surface area contributed by atoms with Gasteiger partial charge in [0.2, 0.25) is 11.8 Å². The van der Waals surface area contributed by atoms with Crippen LogP contribution >= 0.6 is 27.7 Å². The Hall–Kier alpha value is -1.32. The molecule has 2 bridgehead atoms. The van der Waals surface area contributed by atoms with Crippen LogP contribution in [0.15, 0.2) is 25.3 Å². The summed E-state index contributed by atoms with van der Waals surface area (Å²) in [6, 6.07) is -0.672. The molecule has 232 valence electrons. The number of nitrogens with zero attached hydrogens (tertiary/aromatic N) is 2. The minimum atomic E-state index is -0.701. The number of likely N-dealkylation sites (tertiary alicyclic amines) is 1. The Morgan fingerprint density at radius 3 is 2.46 bits per heavy atom. The second-order valence-electron chi connectivity index (χ2n) is 13.7. The molecule has 0 radical (unpaired) electrons. The molecule has 3 aliphatic heterocycles. The number of amides is 2. The number of aliphatic hydroxyl groups is 1. The Morgan fingerprint density at radius 1 is 1.15 bits per heavy atom. The van der Waals surface area contributed by atoms with E-state index in [2.05, 4.69) is 63.7 Å². The summed E-state index contributed by atoms with van der Waals surface area (Å²) >= 11 is 5.49. The molecule has 7 nitrogen and oxygen atoms in total. The van der Waals surface area contributed by atoms with Crippen LogP contribution in [-0.2, 0) is 19.1 Å². The molecule has 41 heavy (non-hydrogen) atoms. The zero-order valence-electron chi connectivity index (χ0n) is 25.7. The topological polar surface area (TPSA) is 87.1 Å². The number of rotatable bonds is 16. The molecular formula is C32H51BrN2O5S. The first kappa shape index (κ1) is 34.2. The number of thioether (sulfide) groups is 1. The van der Waals surface area contributed by atoms with Crippen LogP contribution in [-0.4, -0.2) is 85.4 Å². The maximum absolute atomic E-state index is 14.8. The van der Waals surface area contributed by atoms with E-state index in [0.29, 0.717) is 39.0 Å². The van der Waals surface area contributed by atoms with Crippen molar-refractivity contribution in [1.29, 1.82) is 0 Å². The molecular weight excluding hydrogens is 604 g/mol. The van der Waals surface area contributed by atoms with Gasteiger partial charge in [0.1, 0.15) is 6.04 Å². The SMILES string of the molecule is C=CCCCCOC(=O)[C@H]1[C@H]2C(=O)N(CCCCCO)C(C(=O)N(CC=C)C(C)(C)CC(C)(C)C)C23CC(Br)[C@@H]1S3. The zero-order chi connectivity index (χ0) is 30.6. The number of halogens is 1. The predicted molar refractivity (Wildman–Crippen MR) is 170 cm³/mol. The summed E-state index contributed by atoms with van der Waals surface area (Å²) in [5, 5.41) is 9.19. The molecule has 0 aromatic carbocycles. The van der Waals surface area contributed by atoms with Crippen LogP contribution < -0.4 is 0 Å². The standard InChI is InChI=1S/C32H51BrN2O5S/c1-8-10-11-15-19-40-29(39)23-24-27(37)34(17-13-12-14-18-36)26(32(24)20-22(33)25(23)41-32)28(38)35(16-9-2)31(6,7)21-30(3,4)5/h8-9,22-26,36H,1-2,10-21H2,3-7H3/t22?,23-,24-,25-,26?,32?/m0/s1. The fourth-order valence-electron chi connectivity index (χ4n) is 7.45. The molecule has 0 aliphatic carbocycles. The van der Waals surface area contributed by atoms with Crippen molar-refractivity contribution in [1.82, 2.24) is 9.80 Å². The fourth-order valence-corrected chi connectivity index (χ4v) is 11.0. The number of carbonyl (C=O) groups excluding carboxylic acids is 3. The van der Waals surface area contributed by atoms with Crippen molar-refractivity contribution in [2.75, 3.05) is 26.3 Å². The average molecular weight is 656 g/mol. The van der Waals surface area contributed by atoms with E-state index in [4.69, 9.17) is 4.74 Å². The molecule has 0 aromatic rings. The normalized spacial score (nSPS) is 29.0. The smallest absolute Gasteiger partial charge is 0.310 e. The van der Waals surface area contributed by atoms with Gasteiger partial charge in [-0.15, -0.1) is 24.9 Å². The second-order valence-corrected chi connectivity index (χ2v) is 16.4. The highest BCUT2D eigenvalue weighted by Crippen LogP contribution is 2.68. The Morgan fingerprint density at radius 2 is 1.85 bits per heavy atom. The Balaban J connectivity index is 1.98. The molecule has 6 atom stereocenters. The summed E-state index contributed by atoms with van der Waals surface area (Å²) in [5.74, 6) is -1.67. The molecule has 9 heteroatoms. The largest absolute Gasteiger partial charge is 0.465 e. The summed E-state index contributed by atoms with van der Waals surface area (Å²) in [7, 11) is 0. The van der Waals surface area contributed by atoms with Gasteiger partial charge in [-0.25, -0.2) is 0 Å². The highest BCUT2D eigenvalue weighted by Gasteiger charge is 2.76. The minimum Gasteiger partial charge on any atom is -0.465 e. The Kier molecular flexibility index (Phi) is 11.7. The number of unbranched alkanes of at least 4 members (excludes halogenated alkanes) is 4. The van der Waals surface area contributed by atoms with Crippen molar-refractivity contribution >= 4 is 45.5 Å². The van der Waals surface area contributed by atoms with E-state index in [1.807, 2.05) is 11.0 Å². The van der Waals surface area contributed by atoms with E-state index in [1.54, 1.807) is 22.7 Å². The number of aliphatic hydroxyl groups excluding tert-OH is 1. The molecule has 2 amide bonds. The number of fused-ring (bicyclic) bond motifs is 1. The number of allylic oxidation sites excluding steroid dienone is 1. The van der Waals surface area contributed by atoms with E-state index in [9.17, 15) is 19.5 Å². The third-order valence-electron chi connectivity index (χ3n) is 8.67. The molecule has 3 fully saturated rings. The number of ether oxygens (including phenoxy) is 1. The molecule has 0 saturated carbocycles. The lowest BCUT2D eigenvalue weighted by atomic mass is 9.70. The van der Waals surface area contributed by atoms with Crippen LogP contribution in [0.1, 0.15) is 86.0 Å². The number of esters is 1. The number of hydrogen-bond donors (Lipinski definition) is 1. The van der Waals surface area contributed by atoms with Gasteiger partial charge in [-0.1, -0.05) is 48.9 Å². The molecule has 3 heterocycles. The maximum atomic E-state index is 14.8. The van der Waals surface area contributed by atoms with Gasteiger partial charge in [0, 0.05) is 35.3 Å². The van der Waals surface area contributed by atoms with Gasteiger partial charge in [0.15, 0.2) is 0 Å². The lowest BCUT2D eigenvalue weighted by molar-refractivity contribution is -0.154. The molecule has 3 unspecified atom stereocenters. The summed E-state index contributed by atoms with van der Waals surface area (Å²) in [6.45, 7) is 19.6. The molecule has 3 saturated heterocycles. The Labute approximate surface area is 260 Å². The molecule has 1 N–H and O–H groups in total. The summed E-state index contributed by atoms with van der Waals surface area (Å²) in [4.78, 5) is 46.3. The molecule has 3 aliphatic rings. The van der Waals surface area contributed by atoms with Crippen molar-refractivity contribution in [3.05, 3.63) is 25.3 Å². The Bertz CT molecular complexity index is 982. The van der Waals surface area contributed by atoms with Crippen molar-refractivity contribution < 1.29 is 24.2 Å². The first-order valence-electron chi connectivity index (χ1n) is 15.2. The van der Waals surface area contributed by atoms with Gasteiger partial charge in [-0.2, -0.15) is 0 Å². The van der Waals surface area contributed by atoms with Crippen molar-refractivity contribution in [3.8, 4) is 0 Å². The predicted octanol–water partition coefficient (Wildman–Crippen LogP) is 5.74. The van der Waals surface area contributed by atoms with Crippen molar-refractivity contribution in [2.45, 2.75) is 112 Å². The monoisotopic (exact) mass is 654 g/mol. The minimum absolute atomic E-state index is 0.00921. The van der Waals surface area contributed by atoms with Gasteiger partial charge in [0.05, 0.1) is 23.2 Å². The van der Waals surface area contributed by atoms with Crippen LogP contribution in [0.4, 0.5) is 0 Å². The van der Waals surface area contributed by atoms with E-state index in [-0.39, 0.29) is 39.9 Å². The van der Waals surface area contributed by atoms with E-state index in [0.717, 1.165) is 32.1 Å². The zero-order valence-corrected chi connectivity index (χ0v) is 28.1. The lowest BCUT2D eigenvalue weighted by Gasteiger charge is -2.46. The van der Waals surface area contributed by atoms with E-state index in [1.165, 1.54) is 0 Å². The summed E-state index contributed by atoms with van der Waals surface area (Å²) < 4.78 is 5.05. The van der Waals surface area contributed by atoms with Crippen LogP contribution in [0.25, 0.3) is 0 Å². The molecule has 1 spiro atoms. The second kappa shape index (κ2) is 14.0. The average Bonchev–Trinajstić information content (AvgIpc) is 3.46. The number of hydrogen-bond acceptors (Lipinski definition) is 6. The van der Waals surface area contributed by atoms with Gasteiger partial charge in [-0.05, 0) is 70.6 Å². The third-order valence-corrected chi connectivity index (χ3v) is 11.9. The van der Waals surface area contributed by atoms with Gasteiger partial charge in [0.25, 0.3) is 0 Å². The first-order chi connectivity index (χ1) is 19.3. The van der Waals surface area contributed by atoms with Crippen LogP contribution in [0.2, 0.25) is 0 Å². The number of alkyl halides is 1. The van der Waals surface area contributed by atoms with E-state index < -0.39 is 28.2 Å². The summed E-state index contributed by atoms with van der Waals surface area (Å²) in [6.07, 6.45) is 9.67. The van der Waals surface area contributed by atoms with Gasteiger partial charge < -0.3 is 19.6 Å². The molecule has 0 aromatic heterocycles. The lowest BCUT2D eigenvalue weighted by Crippen LogP contribution is -2.60. The van der Waals surface area contributed by atoms with Crippen LogP contribution in [0.5, 0.6) is 0 Å². The summed E-state index contributed by atoms with van der Waals surface area (Å²) in [5.41, 5.74) is -0.482. The highest BCUT2D eigenvalue weighted by molar-refractivity contribution is 9.09. The molecule has 3 rings (SSSR count).